The Morgan fingerprint density at radius 2 is 1.89 bits per heavy atom. The predicted molar refractivity (Wildman–Crippen MR) is 71.2 cm³/mol. The minimum absolute atomic E-state index is 0.0873. The van der Waals surface area contributed by atoms with Gasteiger partial charge in [-0.25, -0.2) is 0 Å². The Balaban J connectivity index is 2.93. The third-order valence-corrected chi connectivity index (χ3v) is 3.40. The molecule has 1 aromatic rings. The molecule has 0 aliphatic heterocycles. The van der Waals surface area contributed by atoms with Crippen molar-refractivity contribution in [1.82, 2.24) is 5.32 Å². The van der Waals surface area contributed by atoms with E-state index in [2.05, 4.69) is 5.32 Å². The zero-order chi connectivity index (χ0) is 13.9. The second-order valence-corrected chi connectivity index (χ2v) is 4.83. The number of hydrogen-bond donors (Lipinski definition) is 2. The van der Waals surface area contributed by atoms with Crippen molar-refractivity contribution in [1.29, 1.82) is 0 Å². The molecule has 0 aromatic heterocycles. The molecular formula is C14H21NO3. The molecule has 4 nitrogen and oxygen atoms in total. The van der Waals surface area contributed by atoms with Gasteiger partial charge in [0.15, 0.2) is 0 Å². The van der Waals surface area contributed by atoms with E-state index in [0.29, 0.717) is 0 Å². The summed E-state index contributed by atoms with van der Waals surface area (Å²) < 4.78 is 5.72. The van der Waals surface area contributed by atoms with Crippen molar-refractivity contribution < 1.29 is 14.6 Å². The molecule has 1 unspecified atom stereocenters. The van der Waals surface area contributed by atoms with Crippen LogP contribution >= 0.6 is 0 Å². The van der Waals surface area contributed by atoms with Gasteiger partial charge >= 0.3 is 5.97 Å². The normalized spacial score (nSPS) is 14.1. The summed E-state index contributed by atoms with van der Waals surface area (Å²) in [6, 6.07) is 4.02. The monoisotopic (exact) mass is 251 g/mol. The Morgan fingerprint density at radius 3 is 2.39 bits per heavy atom. The molecule has 0 aliphatic rings. The molecule has 1 aromatic carbocycles. The van der Waals surface area contributed by atoms with Gasteiger partial charge in [0, 0.05) is 0 Å². The van der Waals surface area contributed by atoms with Crippen LogP contribution < -0.4 is 10.1 Å². The van der Waals surface area contributed by atoms with Crippen LogP contribution in [-0.4, -0.2) is 30.3 Å². The van der Waals surface area contributed by atoms with Gasteiger partial charge in [0.05, 0.1) is 0 Å². The van der Waals surface area contributed by atoms with E-state index in [1.54, 1.807) is 14.0 Å². The molecule has 0 bridgehead atoms. The Bertz CT molecular complexity index is 457. The highest BCUT2D eigenvalue weighted by molar-refractivity contribution is 5.78. The molecule has 2 N–H and O–H groups in total. The lowest BCUT2D eigenvalue weighted by atomic mass is 10.0. The number of hydrogen-bond acceptors (Lipinski definition) is 3. The summed E-state index contributed by atoms with van der Waals surface area (Å²) in [4.78, 5) is 11.2. The number of aryl methyl sites for hydroxylation is 2. The summed E-state index contributed by atoms with van der Waals surface area (Å²) in [5.74, 6) is -0.148. The average molecular weight is 251 g/mol. The van der Waals surface area contributed by atoms with Crippen LogP contribution in [0.25, 0.3) is 0 Å². The number of rotatable bonds is 5. The number of ether oxygens (including phenoxy) is 1. The van der Waals surface area contributed by atoms with E-state index in [-0.39, 0.29) is 6.61 Å². The van der Waals surface area contributed by atoms with Crippen LogP contribution in [0.15, 0.2) is 12.1 Å². The van der Waals surface area contributed by atoms with E-state index in [4.69, 9.17) is 9.84 Å². The van der Waals surface area contributed by atoms with Gasteiger partial charge in [-0.2, -0.15) is 0 Å². The molecular weight excluding hydrogens is 230 g/mol. The van der Waals surface area contributed by atoms with Crippen LogP contribution in [0, 0.1) is 20.8 Å². The third-order valence-electron chi connectivity index (χ3n) is 3.40. The zero-order valence-corrected chi connectivity index (χ0v) is 11.6. The van der Waals surface area contributed by atoms with Crippen LogP contribution in [0.3, 0.4) is 0 Å². The molecule has 0 radical (unpaired) electrons. The van der Waals surface area contributed by atoms with E-state index >= 15 is 0 Å². The fourth-order valence-electron chi connectivity index (χ4n) is 1.60. The molecule has 0 fully saturated rings. The Labute approximate surface area is 108 Å². The van der Waals surface area contributed by atoms with E-state index in [1.807, 2.05) is 32.9 Å². The van der Waals surface area contributed by atoms with Crippen LogP contribution in [-0.2, 0) is 4.79 Å². The first-order valence-corrected chi connectivity index (χ1v) is 5.93. The molecule has 0 saturated heterocycles. The summed E-state index contributed by atoms with van der Waals surface area (Å²) in [5.41, 5.74) is 2.13. The molecule has 0 heterocycles. The third kappa shape index (κ3) is 2.82. The number of nitrogens with one attached hydrogen (secondary N) is 1. The topological polar surface area (TPSA) is 58.6 Å². The van der Waals surface area contributed by atoms with Crippen LogP contribution in [0.2, 0.25) is 0 Å². The van der Waals surface area contributed by atoms with E-state index in [0.717, 1.165) is 22.4 Å². The zero-order valence-electron chi connectivity index (χ0n) is 11.6. The van der Waals surface area contributed by atoms with Crippen LogP contribution in [0.1, 0.15) is 23.6 Å². The molecule has 0 aliphatic carbocycles. The summed E-state index contributed by atoms with van der Waals surface area (Å²) >= 11 is 0. The van der Waals surface area contributed by atoms with Crippen molar-refractivity contribution in [2.45, 2.75) is 33.2 Å². The number of carbonyl (C=O) groups is 1. The largest absolute Gasteiger partial charge is 0.490 e. The van der Waals surface area contributed by atoms with Crippen molar-refractivity contribution >= 4 is 5.97 Å². The fraction of sp³-hybridized carbons (Fsp3) is 0.500. The number of benzene rings is 1. The number of carboxylic acid groups (broad SMARTS) is 1. The summed E-state index contributed by atoms with van der Waals surface area (Å²) in [5, 5.41) is 11.9. The summed E-state index contributed by atoms with van der Waals surface area (Å²) in [7, 11) is 1.62. The van der Waals surface area contributed by atoms with Gasteiger partial charge in [-0.3, -0.25) is 4.79 Å². The van der Waals surface area contributed by atoms with Crippen molar-refractivity contribution in [3.63, 3.8) is 0 Å². The van der Waals surface area contributed by atoms with E-state index < -0.39 is 11.5 Å². The number of carboxylic acids is 1. The van der Waals surface area contributed by atoms with Crippen molar-refractivity contribution in [2.75, 3.05) is 13.7 Å². The maximum atomic E-state index is 11.2. The maximum Gasteiger partial charge on any atom is 0.327 e. The highest BCUT2D eigenvalue weighted by atomic mass is 16.5. The maximum absolute atomic E-state index is 11.2. The fourth-order valence-corrected chi connectivity index (χ4v) is 1.60. The first kappa shape index (κ1) is 14.5. The summed E-state index contributed by atoms with van der Waals surface area (Å²) in [6.07, 6.45) is 0. The quantitative estimate of drug-likeness (QED) is 0.841. The van der Waals surface area contributed by atoms with Gasteiger partial charge in [0.2, 0.25) is 0 Å². The van der Waals surface area contributed by atoms with Crippen LogP contribution in [0.4, 0.5) is 0 Å². The first-order valence-electron chi connectivity index (χ1n) is 5.93. The molecule has 1 atom stereocenters. The molecule has 0 amide bonds. The van der Waals surface area contributed by atoms with Gasteiger partial charge < -0.3 is 15.2 Å². The average Bonchev–Trinajstić information content (AvgIpc) is 2.33. The van der Waals surface area contributed by atoms with Gasteiger partial charge in [-0.05, 0) is 51.4 Å². The highest BCUT2D eigenvalue weighted by Gasteiger charge is 2.32. The highest BCUT2D eigenvalue weighted by Crippen LogP contribution is 2.26. The molecule has 0 saturated carbocycles. The predicted octanol–water partition coefficient (Wildman–Crippen LogP) is 2.05. The van der Waals surface area contributed by atoms with Crippen LogP contribution in [0.5, 0.6) is 5.75 Å². The van der Waals surface area contributed by atoms with Crippen molar-refractivity contribution in [3.05, 3.63) is 28.8 Å². The lowest BCUT2D eigenvalue weighted by Gasteiger charge is -2.25. The minimum Gasteiger partial charge on any atom is -0.490 e. The molecule has 0 spiro atoms. The second kappa shape index (κ2) is 5.40. The van der Waals surface area contributed by atoms with E-state index in [1.165, 1.54) is 0 Å². The van der Waals surface area contributed by atoms with Gasteiger partial charge in [-0.15, -0.1) is 0 Å². The molecule has 1 rings (SSSR count). The number of aliphatic carboxylic acids is 1. The smallest absolute Gasteiger partial charge is 0.327 e. The van der Waals surface area contributed by atoms with Crippen molar-refractivity contribution in [3.8, 4) is 5.75 Å². The minimum atomic E-state index is -1.08. The SMILES string of the molecule is CNC(C)(COc1c(C)ccc(C)c1C)C(=O)O. The number of likely N-dealkylation sites (N-methyl/N-ethyl adjacent to an activating group) is 1. The lowest BCUT2D eigenvalue weighted by molar-refractivity contribution is -0.145. The summed E-state index contributed by atoms with van der Waals surface area (Å²) in [6.45, 7) is 7.64. The first-order chi connectivity index (χ1) is 8.31. The van der Waals surface area contributed by atoms with E-state index in [9.17, 15) is 4.79 Å². The lowest BCUT2D eigenvalue weighted by Crippen LogP contribution is -2.52. The van der Waals surface area contributed by atoms with Gasteiger partial charge in [0.1, 0.15) is 17.9 Å². The second-order valence-electron chi connectivity index (χ2n) is 4.83. The standard InChI is InChI=1S/C14H21NO3/c1-9-6-7-10(2)12(11(9)3)18-8-14(4,15-5)13(16)17/h6-7,15H,8H2,1-5H3,(H,16,17). The van der Waals surface area contributed by atoms with Gasteiger partial charge in [0.25, 0.3) is 0 Å². The van der Waals surface area contributed by atoms with Gasteiger partial charge in [-0.1, -0.05) is 12.1 Å². The van der Waals surface area contributed by atoms with Crippen molar-refractivity contribution in [2.24, 2.45) is 0 Å². The Morgan fingerprint density at radius 1 is 1.33 bits per heavy atom. The Hall–Kier alpha value is -1.55. The molecule has 100 valence electrons. The molecule has 18 heavy (non-hydrogen) atoms. The molecule has 4 heteroatoms. The Kier molecular flexibility index (Phi) is 4.35.